The molecule has 4 rings (SSSR count). The van der Waals surface area contributed by atoms with E-state index < -0.39 is 11.8 Å². The molecular formula is C43H60N4O4. The van der Waals surface area contributed by atoms with Gasteiger partial charge in [-0.3, -0.25) is 14.4 Å². The van der Waals surface area contributed by atoms with Crippen molar-refractivity contribution in [2.75, 3.05) is 18.5 Å². The van der Waals surface area contributed by atoms with Crippen LogP contribution in [0.5, 0.6) is 0 Å². The Kier molecular flexibility index (Phi) is 18.6. The van der Waals surface area contributed by atoms with E-state index in [0.29, 0.717) is 38.0 Å². The predicted octanol–water partition coefficient (Wildman–Crippen LogP) is 9.24. The van der Waals surface area contributed by atoms with Gasteiger partial charge >= 0.3 is 5.97 Å². The van der Waals surface area contributed by atoms with Gasteiger partial charge in [-0.15, -0.1) is 0 Å². The van der Waals surface area contributed by atoms with Crippen LogP contribution >= 0.6 is 0 Å². The average molecular weight is 697 g/mol. The van der Waals surface area contributed by atoms with E-state index in [-0.39, 0.29) is 24.3 Å². The van der Waals surface area contributed by atoms with Crippen molar-refractivity contribution in [1.29, 1.82) is 0 Å². The summed E-state index contributed by atoms with van der Waals surface area (Å²) in [6, 6.07) is 25.7. The van der Waals surface area contributed by atoms with Crippen LogP contribution in [0.2, 0.25) is 0 Å². The lowest BCUT2D eigenvalue weighted by molar-refractivity contribution is -0.150. The summed E-state index contributed by atoms with van der Waals surface area (Å²) < 4.78 is 5.69. The van der Waals surface area contributed by atoms with E-state index in [9.17, 15) is 14.4 Å². The first kappa shape index (κ1) is 41.0. The van der Waals surface area contributed by atoms with Crippen molar-refractivity contribution in [1.82, 2.24) is 15.3 Å². The summed E-state index contributed by atoms with van der Waals surface area (Å²) >= 11 is 0. The minimum absolute atomic E-state index is 0.140. The normalized spacial score (nSPS) is 12.1. The molecule has 1 heterocycles. The van der Waals surface area contributed by atoms with Crippen LogP contribution in [0.4, 0.5) is 5.69 Å². The van der Waals surface area contributed by atoms with Gasteiger partial charge in [-0.25, -0.2) is 4.98 Å². The highest BCUT2D eigenvalue weighted by molar-refractivity contribution is 5.94. The standard InChI is InChI=1S/C39H50N4O4.C4H10/c1-3-5-26-47-39(46)32(14-9-12-19-36-42-34-17-10-11-18-35(34)43-36)27-31(25-24-30-22-20-29(13-4-2)21-23-30)38(45)40-28-37(44)41-33-15-7-6-8-16-33;1-4(2)3/h6-8,10-11,15-18,20-23,31-32H,3-5,9,12-14,19,24-28H2,1-2H3,(H,40,45)(H,41,44)(H,42,43);4H,1-3H3/t31-,32?;/m1./s1. The van der Waals surface area contributed by atoms with Crippen LogP contribution < -0.4 is 10.6 Å². The quantitative estimate of drug-likeness (QED) is 0.0630. The largest absolute Gasteiger partial charge is 0.465 e. The smallest absolute Gasteiger partial charge is 0.308 e. The number of fused-ring (bicyclic) bond motifs is 1. The fraction of sp³-hybridized carbons (Fsp3) is 0.488. The summed E-state index contributed by atoms with van der Waals surface area (Å²) in [6.07, 6.45) is 8.56. The third-order valence-corrected chi connectivity index (χ3v) is 8.49. The molecule has 2 atom stereocenters. The number of H-pyrrole nitrogens is 1. The van der Waals surface area contributed by atoms with E-state index in [1.54, 1.807) is 12.1 Å². The minimum Gasteiger partial charge on any atom is -0.465 e. The predicted molar refractivity (Wildman–Crippen MR) is 208 cm³/mol. The van der Waals surface area contributed by atoms with Crippen molar-refractivity contribution in [3.63, 3.8) is 0 Å². The van der Waals surface area contributed by atoms with Crippen LogP contribution in [0.1, 0.15) is 103 Å². The van der Waals surface area contributed by atoms with Crippen molar-refractivity contribution < 1.29 is 19.1 Å². The number of para-hydroxylation sites is 3. The first-order chi connectivity index (χ1) is 24.7. The lowest BCUT2D eigenvalue weighted by Crippen LogP contribution is -2.38. The first-order valence-electron chi connectivity index (χ1n) is 19.0. The molecule has 0 saturated carbocycles. The highest BCUT2D eigenvalue weighted by atomic mass is 16.5. The number of ether oxygens (including phenoxy) is 1. The maximum atomic E-state index is 13.6. The number of anilines is 1. The van der Waals surface area contributed by atoms with Crippen LogP contribution in [-0.2, 0) is 38.4 Å². The Balaban J connectivity index is 0.00000166. The molecule has 1 unspecified atom stereocenters. The first-order valence-corrected chi connectivity index (χ1v) is 19.0. The van der Waals surface area contributed by atoms with E-state index in [2.05, 4.69) is 79.5 Å². The van der Waals surface area contributed by atoms with Crippen molar-refractivity contribution in [3.8, 4) is 0 Å². The van der Waals surface area contributed by atoms with Crippen LogP contribution in [0.3, 0.4) is 0 Å². The highest BCUT2D eigenvalue weighted by Crippen LogP contribution is 2.25. The van der Waals surface area contributed by atoms with Crippen LogP contribution in [-0.4, -0.2) is 40.9 Å². The van der Waals surface area contributed by atoms with E-state index in [1.807, 2.05) is 42.5 Å². The molecule has 8 nitrogen and oxygen atoms in total. The number of hydrogen-bond acceptors (Lipinski definition) is 5. The third kappa shape index (κ3) is 16.0. The van der Waals surface area contributed by atoms with Gasteiger partial charge in [-0.05, 0) is 86.3 Å². The average Bonchev–Trinajstić information content (AvgIpc) is 3.54. The van der Waals surface area contributed by atoms with Gasteiger partial charge < -0.3 is 20.4 Å². The zero-order valence-electron chi connectivity index (χ0n) is 31.5. The topological polar surface area (TPSA) is 113 Å². The molecule has 51 heavy (non-hydrogen) atoms. The lowest BCUT2D eigenvalue weighted by Gasteiger charge is -2.23. The van der Waals surface area contributed by atoms with Gasteiger partial charge in [-0.1, -0.05) is 108 Å². The molecule has 0 aliphatic heterocycles. The summed E-state index contributed by atoms with van der Waals surface area (Å²) in [7, 11) is 0. The number of aromatic nitrogens is 2. The van der Waals surface area contributed by atoms with Crippen molar-refractivity contribution in [3.05, 3.63) is 95.8 Å². The molecule has 4 aromatic rings. The zero-order chi connectivity index (χ0) is 36.8. The van der Waals surface area contributed by atoms with Gasteiger partial charge in [0.1, 0.15) is 5.82 Å². The molecule has 3 aromatic carbocycles. The van der Waals surface area contributed by atoms with Gasteiger partial charge in [0.05, 0.1) is 30.1 Å². The number of unbranched alkanes of at least 4 members (excludes halogenated alkanes) is 2. The molecule has 3 N–H and O–H groups in total. The maximum Gasteiger partial charge on any atom is 0.308 e. The second kappa shape index (κ2) is 23.1. The second-order valence-corrected chi connectivity index (χ2v) is 14.1. The number of aromatic amines is 1. The van der Waals surface area contributed by atoms with Crippen molar-refractivity contribution in [2.24, 2.45) is 17.8 Å². The second-order valence-electron chi connectivity index (χ2n) is 14.1. The Bertz CT molecular complexity index is 1550. The molecule has 0 radical (unpaired) electrons. The summed E-state index contributed by atoms with van der Waals surface area (Å²) in [6.45, 7) is 11.0. The van der Waals surface area contributed by atoms with Gasteiger partial charge in [0.25, 0.3) is 0 Å². The molecule has 0 aliphatic rings. The lowest BCUT2D eigenvalue weighted by atomic mass is 9.86. The summed E-state index contributed by atoms with van der Waals surface area (Å²) in [5, 5.41) is 5.67. The molecule has 0 fully saturated rings. The summed E-state index contributed by atoms with van der Waals surface area (Å²) in [5.74, 6) is 0.146. The molecule has 0 aliphatic carbocycles. The molecule has 8 heteroatoms. The summed E-state index contributed by atoms with van der Waals surface area (Å²) in [4.78, 5) is 47.7. The fourth-order valence-electron chi connectivity index (χ4n) is 5.81. The van der Waals surface area contributed by atoms with E-state index in [0.717, 1.165) is 73.3 Å². The van der Waals surface area contributed by atoms with E-state index >= 15 is 0 Å². The molecular weight excluding hydrogens is 636 g/mol. The monoisotopic (exact) mass is 696 g/mol. The SMILES string of the molecule is CC(C)C.CCCCOC(=O)C(CCCCc1nc2ccccc2[nH]1)C[C@@H](CCc1ccc(CCC)cc1)C(=O)NCC(=O)Nc1ccccc1. The Morgan fingerprint density at radius 2 is 1.41 bits per heavy atom. The zero-order valence-corrected chi connectivity index (χ0v) is 31.5. The Labute approximate surface area is 305 Å². The number of carbonyl (C=O) groups excluding carboxylic acids is 3. The Hall–Kier alpha value is -4.46. The minimum atomic E-state index is -0.450. The Morgan fingerprint density at radius 3 is 2.08 bits per heavy atom. The molecule has 1 aromatic heterocycles. The van der Waals surface area contributed by atoms with E-state index in [4.69, 9.17) is 4.74 Å². The van der Waals surface area contributed by atoms with Crippen LogP contribution in [0.25, 0.3) is 11.0 Å². The fourth-order valence-corrected chi connectivity index (χ4v) is 5.81. The number of amides is 2. The number of nitrogens with zero attached hydrogens (tertiary/aromatic N) is 1. The molecule has 0 saturated heterocycles. The number of aryl methyl sites for hydroxylation is 3. The van der Waals surface area contributed by atoms with Gasteiger partial charge in [0, 0.05) is 18.0 Å². The molecule has 0 bridgehead atoms. The van der Waals surface area contributed by atoms with Gasteiger partial charge in [-0.2, -0.15) is 0 Å². The summed E-state index contributed by atoms with van der Waals surface area (Å²) in [5.41, 5.74) is 5.09. The van der Waals surface area contributed by atoms with Gasteiger partial charge in [0.15, 0.2) is 0 Å². The van der Waals surface area contributed by atoms with Crippen molar-refractivity contribution >= 4 is 34.5 Å². The van der Waals surface area contributed by atoms with E-state index in [1.165, 1.54) is 5.56 Å². The molecule has 2 amide bonds. The number of hydrogen-bond donors (Lipinski definition) is 3. The number of nitrogens with one attached hydrogen (secondary N) is 3. The number of rotatable bonds is 20. The molecule has 0 spiro atoms. The van der Waals surface area contributed by atoms with Crippen molar-refractivity contribution in [2.45, 2.75) is 105 Å². The molecule has 276 valence electrons. The number of carbonyl (C=O) groups is 3. The highest BCUT2D eigenvalue weighted by Gasteiger charge is 2.28. The van der Waals surface area contributed by atoms with Gasteiger partial charge in [0.2, 0.25) is 11.8 Å². The number of imidazole rings is 1. The number of benzene rings is 3. The Morgan fingerprint density at radius 1 is 0.745 bits per heavy atom. The van der Waals surface area contributed by atoms with Crippen LogP contribution in [0, 0.1) is 17.8 Å². The number of esters is 1. The maximum absolute atomic E-state index is 13.6. The third-order valence-electron chi connectivity index (χ3n) is 8.49. The van der Waals surface area contributed by atoms with Crippen LogP contribution in [0.15, 0.2) is 78.9 Å².